The largest absolute Gasteiger partial charge is 0.514 e. The van der Waals surface area contributed by atoms with Gasteiger partial charge in [0.2, 0.25) is 12.7 Å². The van der Waals surface area contributed by atoms with Gasteiger partial charge in [-0.1, -0.05) is 49.1 Å². The SMILES string of the molecule is C=CCOC(=O)Oc1c(C)c2c(c3c1CC1[C@H]4c5c(cc(C)c(OC)c5O)C[C@@H]([C@H](C#N)N1[C@H]3CNC(=O)/C=C/c1ccccc1)N4C)OCO2. The fourth-order valence-electron chi connectivity index (χ4n) is 8.40. The quantitative estimate of drug-likeness (QED) is 0.142. The summed E-state index contributed by atoms with van der Waals surface area (Å²) in [6, 6.07) is 11.8. The van der Waals surface area contributed by atoms with Crippen LogP contribution in [-0.2, 0) is 22.4 Å². The molecule has 5 atom stereocenters. The molecule has 1 fully saturated rings. The first-order valence-electron chi connectivity index (χ1n) is 16.9. The smallest absolute Gasteiger partial charge is 0.504 e. The van der Waals surface area contributed by atoms with Crippen LogP contribution in [0.2, 0.25) is 0 Å². The number of rotatable bonds is 8. The number of amides is 1. The molecule has 7 rings (SSSR count). The van der Waals surface area contributed by atoms with Crippen LogP contribution in [0.5, 0.6) is 28.7 Å². The van der Waals surface area contributed by atoms with Gasteiger partial charge in [-0.15, -0.1) is 0 Å². The van der Waals surface area contributed by atoms with Crippen molar-refractivity contribution < 1.29 is 38.4 Å². The minimum absolute atomic E-state index is 0.0401. The van der Waals surface area contributed by atoms with Gasteiger partial charge in [0.15, 0.2) is 23.0 Å². The summed E-state index contributed by atoms with van der Waals surface area (Å²) in [4.78, 5) is 30.6. The standard InChI is InChI=1S/C39H40N4O8/c1-6-14-48-39(46)51-36-22(3)37-38(50-20-49-37)32-25(36)17-27-33-31-24(15-21(2)35(47-5)34(31)45)16-26(42(33)4)28(18-40)43(27)29(32)19-41-30(44)13-12-23-10-8-7-9-11-23/h6-13,15,26-29,33,45H,1,14,16-17,19-20H2,2-5H3,(H,41,44)/b13-12+/t26-,27?,28-,29-,33-/m0/s1. The molecule has 3 aromatic carbocycles. The van der Waals surface area contributed by atoms with Crippen molar-refractivity contribution in [3.63, 3.8) is 0 Å². The molecule has 12 heteroatoms. The molecule has 0 aromatic heterocycles. The van der Waals surface area contributed by atoms with E-state index in [1.165, 1.54) is 19.3 Å². The summed E-state index contributed by atoms with van der Waals surface area (Å²) < 4.78 is 28.9. The third kappa shape index (κ3) is 5.72. The number of nitriles is 1. The molecule has 1 saturated heterocycles. The lowest BCUT2D eigenvalue weighted by Crippen LogP contribution is -2.68. The molecule has 264 valence electrons. The van der Waals surface area contributed by atoms with Gasteiger partial charge >= 0.3 is 6.16 Å². The van der Waals surface area contributed by atoms with Crippen molar-refractivity contribution in [2.75, 3.05) is 34.1 Å². The van der Waals surface area contributed by atoms with Gasteiger partial charge in [-0.3, -0.25) is 14.6 Å². The van der Waals surface area contributed by atoms with Gasteiger partial charge in [-0.25, -0.2) is 4.79 Å². The average Bonchev–Trinajstić information content (AvgIpc) is 3.62. The molecule has 0 radical (unpaired) electrons. The summed E-state index contributed by atoms with van der Waals surface area (Å²) in [7, 11) is 3.51. The molecule has 4 heterocycles. The van der Waals surface area contributed by atoms with E-state index in [1.54, 1.807) is 13.0 Å². The van der Waals surface area contributed by atoms with Crippen molar-refractivity contribution in [3.8, 4) is 34.8 Å². The van der Waals surface area contributed by atoms with Gasteiger partial charge < -0.3 is 34.1 Å². The summed E-state index contributed by atoms with van der Waals surface area (Å²) >= 11 is 0. The topological polar surface area (TPSA) is 143 Å². The minimum Gasteiger partial charge on any atom is -0.504 e. The number of phenolic OH excluding ortho intramolecular Hbond substituents is 1. The van der Waals surface area contributed by atoms with E-state index in [4.69, 9.17) is 23.7 Å². The third-order valence-electron chi connectivity index (χ3n) is 10.5. The van der Waals surface area contributed by atoms with E-state index in [-0.39, 0.29) is 43.4 Å². The molecule has 4 aliphatic heterocycles. The van der Waals surface area contributed by atoms with Gasteiger partial charge in [-0.05, 0) is 56.5 Å². The molecule has 12 nitrogen and oxygen atoms in total. The number of hydrogen-bond acceptors (Lipinski definition) is 11. The summed E-state index contributed by atoms with van der Waals surface area (Å²) in [6.07, 6.45) is 4.58. The van der Waals surface area contributed by atoms with Gasteiger partial charge in [0.05, 0.1) is 25.3 Å². The van der Waals surface area contributed by atoms with Crippen LogP contribution in [0.3, 0.4) is 0 Å². The molecular weight excluding hydrogens is 652 g/mol. The van der Waals surface area contributed by atoms with Crippen molar-refractivity contribution in [1.29, 1.82) is 5.26 Å². The van der Waals surface area contributed by atoms with Crippen LogP contribution >= 0.6 is 0 Å². The Morgan fingerprint density at radius 3 is 2.61 bits per heavy atom. The number of ether oxygens (including phenoxy) is 5. The number of fused-ring (bicyclic) bond motifs is 9. The van der Waals surface area contributed by atoms with Crippen LogP contribution in [0.15, 0.2) is 55.1 Å². The molecule has 2 bridgehead atoms. The Hall–Kier alpha value is -5.51. The normalized spacial score (nSPS) is 23.0. The molecule has 51 heavy (non-hydrogen) atoms. The van der Waals surface area contributed by atoms with E-state index in [9.17, 15) is 20.0 Å². The molecule has 0 spiro atoms. The Kier molecular flexibility index (Phi) is 9.10. The highest BCUT2D eigenvalue weighted by Gasteiger charge is 2.57. The summed E-state index contributed by atoms with van der Waals surface area (Å²) in [5.41, 5.74) is 5.25. The first-order valence-corrected chi connectivity index (χ1v) is 16.9. The van der Waals surface area contributed by atoms with Crippen molar-refractivity contribution in [2.45, 2.75) is 56.9 Å². The molecule has 3 aromatic rings. The lowest BCUT2D eigenvalue weighted by Gasteiger charge is -2.60. The maximum atomic E-state index is 13.4. The van der Waals surface area contributed by atoms with Crippen molar-refractivity contribution in [3.05, 3.63) is 94.1 Å². The van der Waals surface area contributed by atoms with E-state index in [0.29, 0.717) is 46.8 Å². The van der Waals surface area contributed by atoms with Crippen LogP contribution in [-0.4, -0.2) is 79.2 Å². The van der Waals surface area contributed by atoms with Gasteiger partial charge in [0.1, 0.15) is 18.4 Å². The van der Waals surface area contributed by atoms with E-state index in [1.807, 2.05) is 50.4 Å². The number of carbonyl (C=O) groups excluding carboxylic acids is 2. The second-order valence-corrected chi connectivity index (χ2v) is 13.2. The Morgan fingerprint density at radius 2 is 1.88 bits per heavy atom. The Morgan fingerprint density at radius 1 is 1.12 bits per heavy atom. The zero-order chi connectivity index (χ0) is 36.0. The Labute approximate surface area is 296 Å². The van der Waals surface area contributed by atoms with Crippen molar-refractivity contribution >= 4 is 18.1 Å². The van der Waals surface area contributed by atoms with E-state index >= 15 is 0 Å². The maximum absolute atomic E-state index is 13.4. The lowest BCUT2D eigenvalue weighted by molar-refractivity contribution is -0.117. The lowest BCUT2D eigenvalue weighted by atomic mass is 9.71. The molecule has 1 unspecified atom stereocenters. The number of aromatic hydroxyl groups is 1. The summed E-state index contributed by atoms with van der Waals surface area (Å²) in [6.45, 7) is 7.30. The fourth-order valence-corrected chi connectivity index (χ4v) is 8.40. The number of hydrogen-bond donors (Lipinski definition) is 2. The van der Waals surface area contributed by atoms with E-state index < -0.39 is 30.3 Å². The zero-order valence-electron chi connectivity index (χ0n) is 29.0. The predicted octanol–water partition coefficient (Wildman–Crippen LogP) is 5.05. The van der Waals surface area contributed by atoms with Crippen LogP contribution < -0.4 is 24.3 Å². The number of methoxy groups -OCH3 is 1. The number of piperazine rings is 1. The van der Waals surface area contributed by atoms with Crippen molar-refractivity contribution in [2.24, 2.45) is 0 Å². The first kappa shape index (κ1) is 34.0. The second-order valence-electron chi connectivity index (χ2n) is 13.2. The first-order chi connectivity index (χ1) is 24.7. The van der Waals surface area contributed by atoms with Crippen LogP contribution in [0.25, 0.3) is 6.08 Å². The molecule has 1 amide bonds. The Bertz CT molecular complexity index is 1970. The van der Waals surface area contributed by atoms with Gasteiger partial charge in [-0.2, -0.15) is 5.26 Å². The molecule has 0 aliphatic carbocycles. The van der Waals surface area contributed by atoms with Crippen LogP contribution in [0.4, 0.5) is 4.79 Å². The average molecular weight is 693 g/mol. The summed E-state index contributed by atoms with van der Waals surface area (Å²) in [5, 5.41) is 25.7. The molecule has 2 N–H and O–H groups in total. The highest BCUT2D eigenvalue weighted by atomic mass is 16.7. The highest BCUT2D eigenvalue weighted by Crippen LogP contribution is 2.58. The number of benzene rings is 3. The molecular formula is C39H40N4O8. The second kappa shape index (κ2) is 13.7. The zero-order valence-corrected chi connectivity index (χ0v) is 29.0. The fraction of sp³-hybridized carbons (Fsp3) is 0.359. The van der Waals surface area contributed by atoms with Crippen molar-refractivity contribution in [1.82, 2.24) is 15.1 Å². The van der Waals surface area contributed by atoms with E-state index in [2.05, 4.69) is 27.8 Å². The minimum atomic E-state index is -0.908. The van der Waals surface area contributed by atoms with Crippen LogP contribution in [0.1, 0.15) is 51.0 Å². The monoisotopic (exact) mass is 692 g/mol. The number of aryl methyl sites for hydroxylation is 1. The summed E-state index contributed by atoms with van der Waals surface area (Å²) in [5.74, 6) is 1.31. The van der Waals surface area contributed by atoms with Gasteiger partial charge in [0, 0.05) is 47.0 Å². The number of carbonyl (C=O) groups is 2. The molecule has 4 aliphatic rings. The van der Waals surface area contributed by atoms with Crippen LogP contribution in [0, 0.1) is 25.2 Å². The molecule has 0 saturated carbocycles. The van der Waals surface area contributed by atoms with Gasteiger partial charge in [0.25, 0.3) is 0 Å². The predicted molar refractivity (Wildman–Crippen MR) is 187 cm³/mol. The third-order valence-corrected chi connectivity index (χ3v) is 10.5. The van der Waals surface area contributed by atoms with E-state index in [0.717, 1.165) is 22.3 Å². The number of nitrogens with one attached hydrogen (secondary N) is 1. The maximum Gasteiger partial charge on any atom is 0.514 e. The number of nitrogens with zero attached hydrogens (tertiary/aromatic N) is 3. The number of likely N-dealkylation sites (N-methyl/N-ethyl adjacent to an activating group) is 1. The number of phenols is 1. The highest BCUT2D eigenvalue weighted by molar-refractivity contribution is 5.91. The Balaban J connectivity index is 1.39.